The van der Waals surface area contributed by atoms with Crippen molar-refractivity contribution in [1.82, 2.24) is 4.31 Å². The van der Waals surface area contributed by atoms with Crippen molar-refractivity contribution in [1.29, 1.82) is 0 Å². The Morgan fingerprint density at radius 2 is 1.95 bits per heavy atom. The third kappa shape index (κ3) is 5.88. The summed E-state index contributed by atoms with van der Waals surface area (Å²) in [5.74, 6) is -0.912. The SMILES string of the molecule is COCCN(CC(=O)O)S(=O)(=O)CC1CCCCC1. The van der Waals surface area contributed by atoms with Crippen LogP contribution in [0, 0.1) is 5.92 Å². The van der Waals surface area contributed by atoms with Crippen molar-refractivity contribution in [3.05, 3.63) is 0 Å². The molecule has 1 aliphatic carbocycles. The van der Waals surface area contributed by atoms with Crippen LogP contribution in [0.3, 0.4) is 0 Å². The Kier molecular flexibility index (Phi) is 6.74. The number of hydrogen-bond acceptors (Lipinski definition) is 4. The highest BCUT2D eigenvalue weighted by Crippen LogP contribution is 2.25. The zero-order valence-corrected chi connectivity index (χ0v) is 12.2. The van der Waals surface area contributed by atoms with Gasteiger partial charge in [-0.3, -0.25) is 4.79 Å². The van der Waals surface area contributed by atoms with Crippen LogP contribution >= 0.6 is 0 Å². The molecule has 0 aliphatic heterocycles. The zero-order valence-electron chi connectivity index (χ0n) is 11.4. The Morgan fingerprint density at radius 1 is 1.32 bits per heavy atom. The summed E-state index contributed by atoms with van der Waals surface area (Å²) in [6.07, 6.45) is 5.14. The molecule has 7 heteroatoms. The van der Waals surface area contributed by atoms with E-state index in [0.717, 1.165) is 30.0 Å². The Labute approximate surface area is 114 Å². The fourth-order valence-corrected chi connectivity index (χ4v) is 4.22. The largest absolute Gasteiger partial charge is 0.480 e. The monoisotopic (exact) mass is 293 g/mol. The van der Waals surface area contributed by atoms with Crippen LogP contribution in [0.15, 0.2) is 0 Å². The van der Waals surface area contributed by atoms with Crippen molar-refractivity contribution in [3.63, 3.8) is 0 Å². The average molecular weight is 293 g/mol. The van der Waals surface area contributed by atoms with Gasteiger partial charge < -0.3 is 9.84 Å². The molecule has 0 saturated heterocycles. The third-order valence-corrected chi connectivity index (χ3v) is 5.41. The topological polar surface area (TPSA) is 83.9 Å². The zero-order chi connectivity index (χ0) is 14.3. The van der Waals surface area contributed by atoms with Crippen molar-refractivity contribution in [2.75, 3.05) is 32.6 Å². The molecule has 0 spiro atoms. The number of carboxylic acids is 1. The standard InChI is InChI=1S/C12H23NO5S/c1-18-8-7-13(9-12(14)15)19(16,17)10-11-5-3-2-4-6-11/h11H,2-10H2,1H3,(H,14,15). The maximum Gasteiger partial charge on any atom is 0.318 e. The summed E-state index contributed by atoms with van der Waals surface area (Å²) in [5.41, 5.74) is 0. The predicted octanol–water partition coefficient (Wildman–Crippen LogP) is 0.929. The van der Waals surface area contributed by atoms with E-state index in [2.05, 4.69) is 0 Å². The molecule has 0 bridgehead atoms. The maximum atomic E-state index is 12.2. The van der Waals surface area contributed by atoms with Gasteiger partial charge in [0.25, 0.3) is 0 Å². The Hall–Kier alpha value is -0.660. The molecule has 1 saturated carbocycles. The maximum absolute atomic E-state index is 12.2. The van der Waals surface area contributed by atoms with Crippen LogP contribution in [0.25, 0.3) is 0 Å². The number of rotatable bonds is 8. The molecule has 0 unspecified atom stereocenters. The smallest absolute Gasteiger partial charge is 0.318 e. The highest BCUT2D eigenvalue weighted by Gasteiger charge is 2.28. The van der Waals surface area contributed by atoms with Crippen LogP contribution < -0.4 is 0 Å². The summed E-state index contributed by atoms with van der Waals surface area (Å²) < 4.78 is 30.4. The molecule has 1 fully saturated rings. The Morgan fingerprint density at radius 3 is 2.47 bits per heavy atom. The lowest BCUT2D eigenvalue weighted by Gasteiger charge is -2.25. The minimum absolute atomic E-state index is 0.0595. The van der Waals surface area contributed by atoms with Gasteiger partial charge in [-0.05, 0) is 18.8 Å². The van der Waals surface area contributed by atoms with E-state index < -0.39 is 22.5 Å². The summed E-state index contributed by atoms with van der Waals surface area (Å²) in [6.45, 7) is -0.187. The predicted molar refractivity (Wildman–Crippen MR) is 71.4 cm³/mol. The van der Waals surface area contributed by atoms with Crippen LogP contribution in [0.4, 0.5) is 0 Å². The molecule has 0 aromatic carbocycles. The normalized spacial score (nSPS) is 17.8. The van der Waals surface area contributed by atoms with Crippen LogP contribution in [-0.2, 0) is 19.6 Å². The highest BCUT2D eigenvalue weighted by molar-refractivity contribution is 7.89. The van der Waals surface area contributed by atoms with Gasteiger partial charge in [-0.2, -0.15) is 4.31 Å². The first-order chi connectivity index (χ1) is 8.95. The van der Waals surface area contributed by atoms with Gasteiger partial charge in [-0.15, -0.1) is 0 Å². The van der Waals surface area contributed by atoms with E-state index in [1.807, 2.05) is 0 Å². The number of ether oxygens (including phenoxy) is 1. The van der Waals surface area contributed by atoms with Crippen LogP contribution in [-0.4, -0.2) is 56.4 Å². The minimum atomic E-state index is -3.52. The second-order valence-corrected chi connectivity index (χ2v) is 7.02. The molecule has 0 aromatic heterocycles. The fraction of sp³-hybridized carbons (Fsp3) is 0.917. The first-order valence-corrected chi connectivity index (χ1v) is 8.25. The van der Waals surface area contributed by atoms with Crippen molar-refractivity contribution in [2.45, 2.75) is 32.1 Å². The summed E-state index contributed by atoms with van der Waals surface area (Å²) in [7, 11) is -2.05. The molecular weight excluding hydrogens is 270 g/mol. The molecule has 112 valence electrons. The van der Waals surface area contributed by atoms with E-state index in [1.165, 1.54) is 13.5 Å². The minimum Gasteiger partial charge on any atom is -0.480 e. The molecule has 0 atom stereocenters. The Bertz CT molecular complexity index is 376. The number of carbonyl (C=O) groups is 1. The fourth-order valence-electron chi connectivity index (χ4n) is 2.42. The van der Waals surface area contributed by atoms with Gasteiger partial charge in [-0.25, -0.2) is 8.42 Å². The molecule has 0 radical (unpaired) electrons. The molecule has 1 rings (SSSR count). The van der Waals surface area contributed by atoms with Gasteiger partial charge in [0.1, 0.15) is 6.54 Å². The average Bonchev–Trinajstić information content (AvgIpc) is 2.34. The van der Waals surface area contributed by atoms with E-state index in [9.17, 15) is 13.2 Å². The molecule has 6 nitrogen and oxygen atoms in total. The van der Waals surface area contributed by atoms with Crippen LogP contribution in [0.5, 0.6) is 0 Å². The second kappa shape index (κ2) is 7.81. The van der Waals surface area contributed by atoms with Gasteiger partial charge in [-0.1, -0.05) is 19.3 Å². The lowest BCUT2D eigenvalue weighted by Crippen LogP contribution is -2.41. The van der Waals surface area contributed by atoms with Crippen molar-refractivity contribution < 1.29 is 23.1 Å². The molecule has 0 aromatic rings. The Balaban J connectivity index is 2.64. The van der Waals surface area contributed by atoms with E-state index >= 15 is 0 Å². The van der Waals surface area contributed by atoms with E-state index in [4.69, 9.17) is 9.84 Å². The number of methoxy groups -OCH3 is 1. The molecule has 1 N–H and O–H groups in total. The summed E-state index contributed by atoms with van der Waals surface area (Å²) >= 11 is 0. The van der Waals surface area contributed by atoms with Crippen molar-refractivity contribution >= 4 is 16.0 Å². The van der Waals surface area contributed by atoms with E-state index in [1.54, 1.807) is 0 Å². The highest BCUT2D eigenvalue weighted by atomic mass is 32.2. The lowest BCUT2D eigenvalue weighted by molar-refractivity contribution is -0.137. The number of sulfonamides is 1. The van der Waals surface area contributed by atoms with E-state index in [0.29, 0.717) is 0 Å². The first kappa shape index (κ1) is 16.4. The third-order valence-electron chi connectivity index (χ3n) is 3.42. The van der Waals surface area contributed by atoms with Gasteiger partial charge in [0.2, 0.25) is 10.0 Å². The molecule has 0 amide bonds. The van der Waals surface area contributed by atoms with E-state index in [-0.39, 0.29) is 24.8 Å². The molecule has 19 heavy (non-hydrogen) atoms. The first-order valence-electron chi connectivity index (χ1n) is 6.64. The van der Waals surface area contributed by atoms with Gasteiger partial charge in [0.15, 0.2) is 0 Å². The van der Waals surface area contributed by atoms with Crippen molar-refractivity contribution in [2.24, 2.45) is 5.92 Å². The summed E-state index contributed by atoms with van der Waals surface area (Å²) in [5, 5.41) is 8.81. The number of nitrogens with zero attached hydrogens (tertiary/aromatic N) is 1. The number of hydrogen-bond donors (Lipinski definition) is 1. The number of carboxylic acid groups (broad SMARTS) is 1. The summed E-state index contributed by atoms with van der Waals surface area (Å²) in [4.78, 5) is 10.8. The molecular formula is C12H23NO5S. The molecule has 1 aliphatic rings. The van der Waals surface area contributed by atoms with Crippen LogP contribution in [0.1, 0.15) is 32.1 Å². The van der Waals surface area contributed by atoms with Gasteiger partial charge >= 0.3 is 5.97 Å². The molecule has 0 heterocycles. The number of aliphatic carboxylic acids is 1. The summed E-state index contributed by atoms with van der Waals surface area (Å²) in [6, 6.07) is 0. The van der Waals surface area contributed by atoms with Crippen molar-refractivity contribution in [3.8, 4) is 0 Å². The van der Waals surface area contributed by atoms with Gasteiger partial charge in [0.05, 0.1) is 12.4 Å². The van der Waals surface area contributed by atoms with Crippen LogP contribution in [0.2, 0.25) is 0 Å². The lowest BCUT2D eigenvalue weighted by atomic mass is 9.91. The second-order valence-electron chi connectivity index (χ2n) is 5.00. The quantitative estimate of drug-likeness (QED) is 0.719. The van der Waals surface area contributed by atoms with Gasteiger partial charge in [0, 0.05) is 13.7 Å².